The van der Waals surface area contributed by atoms with Crippen LogP contribution >= 0.6 is 0 Å². The number of nitrogens with zero attached hydrogens (tertiary/aromatic N) is 4. The van der Waals surface area contributed by atoms with E-state index < -0.39 is 0 Å². The Bertz CT molecular complexity index is 1320. The lowest BCUT2D eigenvalue weighted by atomic mass is 10.0. The molecule has 1 atom stereocenters. The molecule has 2 aliphatic rings. The second-order valence-corrected chi connectivity index (χ2v) is 8.96. The quantitative estimate of drug-likeness (QED) is 0.487. The number of aromatic nitrogens is 4. The molecule has 2 aliphatic carbocycles. The molecular formula is C26H33N5O3. The molecule has 0 aliphatic heterocycles. The molecule has 3 aromatic rings. The summed E-state index contributed by atoms with van der Waals surface area (Å²) in [4.78, 5) is 23.1. The van der Waals surface area contributed by atoms with Crippen molar-refractivity contribution in [2.45, 2.75) is 51.6 Å². The van der Waals surface area contributed by atoms with Crippen LogP contribution in [-0.2, 0) is 6.54 Å². The zero-order chi connectivity index (χ0) is 23.7. The summed E-state index contributed by atoms with van der Waals surface area (Å²) in [7, 11) is 3.19. The predicted molar refractivity (Wildman–Crippen MR) is 135 cm³/mol. The summed E-state index contributed by atoms with van der Waals surface area (Å²) >= 11 is 0. The van der Waals surface area contributed by atoms with Crippen molar-refractivity contribution in [2.75, 3.05) is 19.5 Å². The fraction of sp³-hybridized carbons (Fsp3) is 0.423. The molecule has 0 radical (unpaired) electrons. The van der Waals surface area contributed by atoms with Crippen LogP contribution in [0.4, 0.5) is 5.95 Å². The minimum atomic E-state index is -0.169. The summed E-state index contributed by atoms with van der Waals surface area (Å²) in [6, 6.07) is 5.84. The Labute approximate surface area is 200 Å². The molecule has 1 aromatic carbocycles. The molecule has 34 heavy (non-hydrogen) atoms. The van der Waals surface area contributed by atoms with E-state index in [1.807, 2.05) is 12.1 Å². The molecule has 180 valence electrons. The summed E-state index contributed by atoms with van der Waals surface area (Å²) in [6.07, 6.45) is 13.7. The van der Waals surface area contributed by atoms with Gasteiger partial charge in [0.1, 0.15) is 17.0 Å². The third-order valence-corrected chi connectivity index (χ3v) is 6.60. The summed E-state index contributed by atoms with van der Waals surface area (Å²) in [5.41, 5.74) is 2.93. The highest BCUT2D eigenvalue weighted by Crippen LogP contribution is 2.30. The van der Waals surface area contributed by atoms with E-state index in [0.29, 0.717) is 52.8 Å². The minimum absolute atomic E-state index is 0. The van der Waals surface area contributed by atoms with Gasteiger partial charge in [-0.1, -0.05) is 30.7 Å². The van der Waals surface area contributed by atoms with Crippen molar-refractivity contribution >= 4 is 17.1 Å². The number of benzene rings is 1. The van der Waals surface area contributed by atoms with Crippen LogP contribution in [0.1, 0.15) is 40.5 Å². The smallest absolute Gasteiger partial charge is 0.335 e. The van der Waals surface area contributed by atoms with Crippen molar-refractivity contribution in [2.24, 2.45) is 5.92 Å². The largest absolute Gasteiger partial charge is 0.497 e. The van der Waals surface area contributed by atoms with Crippen LogP contribution in [0.25, 0.3) is 16.9 Å². The van der Waals surface area contributed by atoms with E-state index in [1.54, 1.807) is 35.6 Å². The second kappa shape index (κ2) is 9.37. The molecule has 8 heteroatoms. The first-order valence-corrected chi connectivity index (χ1v) is 11.9. The minimum Gasteiger partial charge on any atom is -0.497 e. The maximum Gasteiger partial charge on any atom is 0.335 e. The van der Waals surface area contributed by atoms with E-state index in [0.717, 1.165) is 32.1 Å². The van der Waals surface area contributed by atoms with Gasteiger partial charge in [0, 0.05) is 20.1 Å². The van der Waals surface area contributed by atoms with Crippen molar-refractivity contribution < 1.29 is 10.9 Å². The Kier molecular flexibility index (Phi) is 6.13. The summed E-state index contributed by atoms with van der Waals surface area (Å²) in [5.74, 6) is 2.29. The lowest BCUT2D eigenvalue weighted by Crippen LogP contribution is -2.24. The fourth-order valence-electron chi connectivity index (χ4n) is 4.38. The molecule has 2 heterocycles. The Morgan fingerprint density at radius 3 is 2.82 bits per heavy atom. The van der Waals surface area contributed by atoms with E-state index in [4.69, 9.17) is 14.5 Å². The van der Waals surface area contributed by atoms with Gasteiger partial charge < -0.3 is 14.8 Å². The first-order valence-electron chi connectivity index (χ1n) is 11.9. The molecule has 1 fully saturated rings. The molecule has 0 saturated heterocycles. The van der Waals surface area contributed by atoms with Gasteiger partial charge in [-0.15, -0.1) is 0 Å². The number of rotatable bonds is 8. The van der Waals surface area contributed by atoms with Gasteiger partial charge in [0.05, 0.1) is 26.1 Å². The van der Waals surface area contributed by atoms with Crippen molar-refractivity contribution in [1.82, 2.24) is 19.1 Å². The van der Waals surface area contributed by atoms with Crippen molar-refractivity contribution in [1.29, 1.82) is 0 Å². The number of hydrogen-bond donors (Lipinski definition) is 1. The lowest BCUT2D eigenvalue weighted by molar-refractivity contribution is 0.393. The van der Waals surface area contributed by atoms with Crippen LogP contribution in [-0.4, -0.2) is 39.4 Å². The second-order valence-electron chi connectivity index (χ2n) is 8.96. The zero-order valence-corrected chi connectivity index (χ0v) is 20.0. The van der Waals surface area contributed by atoms with Gasteiger partial charge in [0.15, 0.2) is 5.65 Å². The van der Waals surface area contributed by atoms with Crippen LogP contribution in [0.5, 0.6) is 11.5 Å². The van der Waals surface area contributed by atoms with Crippen molar-refractivity contribution in [3.8, 4) is 17.2 Å². The topological polar surface area (TPSA) is 83.2 Å². The van der Waals surface area contributed by atoms with Crippen LogP contribution in [0.3, 0.4) is 0 Å². The molecule has 2 aromatic heterocycles. The fourth-order valence-corrected chi connectivity index (χ4v) is 4.38. The first-order chi connectivity index (χ1) is 16.6. The predicted octanol–water partition coefficient (Wildman–Crippen LogP) is 4.72. The normalized spacial score (nSPS) is 18.0. The molecule has 1 N–H and O–H groups in total. The number of allylic oxidation sites excluding steroid dienone is 4. The van der Waals surface area contributed by atoms with Gasteiger partial charge >= 0.3 is 5.69 Å². The Morgan fingerprint density at radius 2 is 2.09 bits per heavy atom. The first kappa shape index (κ1) is 22.3. The number of fused-ring (bicyclic) bond motifs is 1. The molecule has 0 bridgehead atoms. The highest BCUT2D eigenvalue weighted by molar-refractivity contribution is 5.75. The maximum atomic E-state index is 13.8. The number of ether oxygens (including phenoxy) is 2. The van der Waals surface area contributed by atoms with E-state index in [-0.39, 0.29) is 7.12 Å². The van der Waals surface area contributed by atoms with Gasteiger partial charge in [-0.25, -0.2) is 14.3 Å². The summed E-state index contributed by atoms with van der Waals surface area (Å²) in [5, 5.41) is 3.34. The van der Waals surface area contributed by atoms with E-state index in [9.17, 15) is 4.79 Å². The molecular weight excluding hydrogens is 430 g/mol. The van der Waals surface area contributed by atoms with Crippen molar-refractivity contribution in [3.05, 3.63) is 58.7 Å². The number of hydrogen-bond acceptors (Lipinski definition) is 6. The average molecular weight is 464 g/mol. The number of anilines is 1. The Hall–Kier alpha value is -3.55. The average Bonchev–Trinajstić information content (AvgIpc) is 3.67. The van der Waals surface area contributed by atoms with Gasteiger partial charge in [-0.3, -0.25) is 4.57 Å². The van der Waals surface area contributed by atoms with E-state index in [2.05, 4.69) is 35.5 Å². The lowest BCUT2D eigenvalue weighted by Gasteiger charge is -2.11. The van der Waals surface area contributed by atoms with Gasteiger partial charge in [-0.2, -0.15) is 4.98 Å². The van der Waals surface area contributed by atoms with Crippen LogP contribution in [0, 0.1) is 5.92 Å². The maximum absolute atomic E-state index is 13.8. The van der Waals surface area contributed by atoms with Crippen LogP contribution in [0.2, 0.25) is 0 Å². The summed E-state index contributed by atoms with van der Waals surface area (Å²) < 4.78 is 14.4. The van der Waals surface area contributed by atoms with Crippen molar-refractivity contribution in [3.63, 3.8) is 0 Å². The van der Waals surface area contributed by atoms with Gasteiger partial charge in [-0.05, 0) is 50.2 Å². The highest BCUT2D eigenvalue weighted by atomic mass is 16.5. The Morgan fingerprint density at radius 1 is 1.24 bits per heavy atom. The monoisotopic (exact) mass is 463 g/mol. The SMILES string of the molecule is CCC1C=CCC(Cn2c(=O)n(-c3ccc(OC)cc3OC)c3nc(NC4CC4)ncc32)=CC1.[HH]. The van der Waals surface area contributed by atoms with Gasteiger partial charge in [0.25, 0.3) is 0 Å². The third-order valence-electron chi connectivity index (χ3n) is 6.60. The molecule has 5 rings (SSSR count). The molecule has 1 unspecified atom stereocenters. The molecule has 0 spiro atoms. The molecule has 1 saturated carbocycles. The van der Waals surface area contributed by atoms with Crippen LogP contribution < -0.4 is 20.5 Å². The van der Waals surface area contributed by atoms with Crippen LogP contribution in [0.15, 0.2) is 53.0 Å². The summed E-state index contributed by atoms with van der Waals surface area (Å²) in [6.45, 7) is 2.71. The highest BCUT2D eigenvalue weighted by Gasteiger charge is 2.24. The number of methoxy groups -OCH3 is 2. The molecule has 0 amide bonds. The van der Waals surface area contributed by atoms with E-state index >= 15 is 0 Å². The standard InChI is InChI=1S/C26H31N5O3.H2/c1-4-17-6-5-7-18(9-8-17)16-30-22-15-27-25(28-19-10-11-19)29-24(22)31(26(30)32)21-13-12-20(33-2)14-23(21)34-3;/h5-6,9,12-15,17,19H,4,7-8,10-11,16H2,1-3H3,(H,27,28,29);1H. The van der Waals surface area contributed by atoms with Gasteiger partial charge in [0.2, 0.25) is 5.95 Å². The number of imidazole rings is 1. The third kappa shape index (κ3) is 4.32. The number of nitrogens with one attached hydrogen (secondary N) is 1. The van der Waals surface area contributed by atoms with E-state index in [1.165, 1.54) is 5.57 Å². The Balaban J connectivity index is 0.00000289. The zero-order valence-electron chi connectivity index (χ0n) is 20.0. The molecule has 8 nitrogen and oxygen atoms in total.